The van der Waals surface area contributed by atoms with Crippen LogP contribution in [0.4, 0.5) is 5.69 Å². The zero-order valence-corrected chi connectivity index (χ0v) is 26.0. The van der Waals surface area contributed by atoms with Crippen molar-refractivity contribution < 1.29 is 18.0 Å². The second-order valence-corrected chi connectivity index (χ2v) is 13.0. The number of anilines is 1. The van der Waals surface area contributed by atoms with Gasteiger partial charge in [-0.25, -0.2) is 8.42 Å². The number of sulfonamides is 1. The number of carbonyl (C=O) groups excluding carboxylic acids is 2. The van der Waals surface area contributed by atoms with Crippen LogP contribution >= 0.6 is 15.9 Å². The van der Waals surface area contributed by atoms with E-state index >= 15 is 0 Å². The number of hydrogen-bond acceptors (Lipinski definition) is 4. The molecule has 7 nitrogen and oxygen atoms in total. The average molecular weight is 649 g/mol. The number of carbonyl (C=O) groups is 2. The van der Waals surface area contributed by atoms with Crippen molar-refractivity contribution >= 4 is 43.5 Å². The fourth-order valence-corrected chi connectivity index (χ4v) is 6.49. The van der Waals surface area contributed by atoms with E-state index in [0.29, 0.717) is 5.69 Å². The van der Waals surface area contributed by atoms with Crippen LogP contribution < -0.4 is 9.62 Å². The molecule has 9 heteroatoms. The first kappa shape index (κ1) is 31.0. The maximum absolute atomic E-state index is 14.3. The lowest BCUT2D eigenvalue weighted by atomic mass is 10.0. The molecule has 0 aromatic heterocycles. The van der Waals surface area contributed by atoms with Crippen molar-refractivity contribution in [2.24, 2.45) is 0 Å². The molecular weight excluding hydrogens is 614 g/mol. The van der Waals surface area contributed by atoms with Gasteiger partial charge in [-0.05, 0) is 61.4 Å². The summed E-state index contributed by atoms with van der Waals surface area (Å²) >= 11 is 3.49. The molecule has 0 aliphatic carbocycles. The van der Waals surface area contributed by atoms with Crippen molar-refractivity contribution in [3.05, 3.63) is 131 Å². The zero-order chi connectivity index (χ0) is 30.1. The minimum atomic E-state index is -4.11. The quantitative estimate of drug-likeness (QED) is 0.210. The lowest BCUT2D eigenvalue weighted by Gasteiger charge is -2.34. The summed E-state index contributed by atoms with van der Waals surface area (Å²) in [7, 11) is -4.11. The van der Waals surface area contributed by atoms with E-state index in [9.17, 15) is 18.0 Å². The minimum Gasteiger partial charge on any atom is -0.352 e. The molecule has 0 fully saturated rings. The van der Waals surface area contributed by atoms with E-state index in [1.165, 1.54) is 17.0 Å². The van der Waals surface area contributed by atoms with E-state index in [-0.39, 0.29) is 29.8 Å². The molecule has 2 amide bonds. The first-order valence-corrected chi connectivity index (χ1v) is 15.9. The Morgan fingerprint density at radius 1 is 0.786 bits per heavy atom. The Hall–Kier alpha value is -3.95. The topological polar surface area (TPSA) is 86.8 Å². The maximum atomic E-state index is 14.3. The number of hydrogen-bond donors (Lipinski definition) is 1. The molecule has 0 bridgehead atoms. The summed E-state index contributed by atoms with van der Waals surface area (Å²) in [6, 6.07) is 32.5. The summed E-state index contributed by atoms with van der Waals surface area (Å²) < 4.78 is 29.7. The Balaban J connectivity index is 1.78. The van der Waals surface area contributed by atoms with Crippen LogP contribution in [0.1, 0.15) is 25.0 Å². The van der Waals surface area contributed by atoms with E-state index in [2.05, 4.69) is 21.2 Å². The van der Waals surface area contributed by atoms with Gasteiger partial charge in [0.1, 0.15) is 12.6 Å². The molecule has 218 valence electrons. The summed E-state index contributed by atoms with van der Waals surface area (Å²) in [6.45, 7) is 3.34. The highest BCUT2D eigenvalue weighted by Gasteiger charge is 2.34. The van der Waals surface area contributed by atoms with E-state index in [1.54, 1.807) is 48.5 Å². The lowest BCUT2D eigenvalue weighted by Crippen LogP contribution is -2.54. The SMILES string of the molecule is CC(C)NC(=O)[C@H](Cc1ccccc1)N(Cc1cccc(Br)c1)C(=O)CN(c1ccccc1)S(=O)(=O)c1ccccc1. The summed E-state index contributed by atoms with van der Waals surface area (Å²) in [5.41, 5.74) is 2.03. The van der Waals surface area contributed by atoms with Crippen LogP contribution in [0.3, 0.4) is 0 Å². The second kappa shape index (κ2) is 14.3. The molecule has 0 radical (unpaired) electrons. The Morgan fingerprint density at radius 2 is 1.36 bits per heavy atom. The van der Waals surface area contributed by atoms with Gasteiger partial charge in [0.15, 0.2) is 0 Å². The molecule has 0 aliphatic heterocycles. The predicted molar refractivity (Wildman–Crippen MR) is 169 cm³/mol. The first-order valence-electron chi connectivity index (χ1n) is 13.7. The highest BCUT2D eigenvalue weighted by molar-refractivity contribution is 9.10. The van der Waals surface area contributed by atoms with Gasteiger partial charge < -0.3 is 10.2 Å². The number of benzene rings is 4. The van der Waals surface area contributed by atoms with Gasteiger partial charge in [0.2, 0.25) is 11.8 Å². The molecule has 0 aliphatic rings. The molecule has 1 N–H and O–H groups in total. The summed E-state index contributed by atoms with van der Waals surface area (Å²) in [5.74, 6) is -0.812. The van der Waals surface area contributed by atoms with Gasteiger partial charge in [0.25, 0.3) is 10.0 Å². The molecule has 1 atom stereocenters. The summed E-state index contributed by atoms with van der Waals surface area (Å²) in [5, 5.41) is 2.96. The molecule has 4 aromatic rings. The highest BCUT2D eigenvalue weighted by Crippen LogP contribution is 2.25. The molecule has 0 heterocycles. The van der Waals surface area contributed by atoms with Crippen LogP contribution in [0.15, 0.2) is 125 Å². The van der Waals surface area contributed by atoms with Crippen molar-refractivity contribution in [3.8, 4) is 0 Å². The standard InChI is InChI=1S/C33H34BrN3O4S/c1-25(2)35-33(39)31(22-26-13-6-3-7-14-26)36(23-27-15-12-16-28(34)21-27)32(38)24-37(29-17-8-4-9-18-29)42(40,41)30-19-10-5-11-20-30/h3-21,25,31H,22-24H2,1-2H3,(H,35,39)/t31-/m0/s1. The normalized spacial score (nSPS) is 12.0. The predicted octanol–water partition coefficient (Wildman–Crippen LogP) is 5.81. The average Bonchev–Trinajstić information content (AvgIpc) is 2.98. The Morgan fingerprint density at radius 3 is 1.95 bits per heavy atom. The second-order valence-electron chi connectivity index (χ2n) is 10.2. The van der Waals surface area contributed by atoms with Gasteiger partial charge >= 0.3 is 0 Å². The number of halogens is 1. The third-order valence-electron chi connectivity index (χ3n) is 6.60. The van der Waals surface area contributed by atoms with Gasteiger partial charge in [-0.1, -0.05) is 94.8 Å². The smallest absolute Gasteiger partial charge is 0.264 e. The Kier molecular flexibility index (Phi) is 10.5. The molecular formula is C33H34BrN3O4S. The molecule has 4 aromatic carbocycles. The van der Waals surface area contributed by atoms with Gasteiger partial charge in [-0.2, -0.15) is 0 Å². The number of nitrogens with zero attached hydrogens (tertiary/aromatic N) is 2. The highest BCUT2D eigenvalue weighted by atomic mass is 79.9. The van der Waals surface area contributed by atoms with Crippen LogP contribution in [-0.2, 0) is 32.6 Å². The lowest BCUT2D eigenvalue weighted by molar-refractivity contribution is -0.140. The minimum absolute atomic E-state index is 0.0681. The number of para-hydroxylation sites is 1. The monoisotopic (exact) mass is 647 g/mol. The third kappa shape index (κ3) is 8.08. The van der Waals surface area contributed by atoms with Crippen molar-refractivity contribution in [2.75, 3.05) is 10.8 Å². The number of nitrogens with one attached hydrogen (secondary N) is 1. The molecule has 0 unspecified atom stereocenters. The van der Waals surface area contributed by atoms with Crippen LogP contribution in [0, 0.1) is 0 Å². The van der Waals surface area contributed by atoms with Crippen molar-refractivity contribution in [1.82, 2.24) is 10.2 Å². The first-order chi connectivity index (χ1) is 20.1. The van der Waals surface area contributed by atoms with E-state index in [1.807, 2.05) is 68.4 Å². The number of amides is 2. The van der Waals surface area contributed by atoms with Crippen LogP contribution in [0.5, 0.6) is 0 Å². The van der Waals surface area contributed by atoms with E-state index < -0.39 is 28.5 Å². The molecule has 0 saturated heterocycles. The number of rotatable bonds is 12. The largest absolute Gasteiger partial charge is 0.352 e. The zero-order valence-electron chi connectivity index (χ0n) is 23.6. The van der Waals surface area contributed by atoms with Crippen LogP contribution in [0.2, 0.25) is 0 Å². The fourth-order valence-electron chi connectivity index (χ4n) is 4.61. The van der Waals surface area contributed by atoms with Gasteiger partial charge in [0.05, 0.1) is 10.6 Å². The Bertz CT molecular complexity index is 1580. The van der Waals surface area contributed by atoms with Crippen LogP contribution in [-0.4, -0.2) is 43.8 Å². The van der Waals surface area contributed by atoms with Gasteiger partial charge in [0, 0.05) is 23.5 Å². The van der Waals surface area contributed by atoms with Crippen LogP contribution in [0.25, 0.3) is 0 Å². The summed E-state index contributed by atoms with van der Waals surface area (Å²) in [6.07, 6.45) is 0.260. The van der Waals surface area contributed by atoms with Gasteiger partial charge in [-0.3, -0.25) is 13.9 Å². The fraction of sp³-hybridized carbons (Fsp3) is 0.212. The van der Waals surface area contributed by atoms with Crippen molar-refractivity contribution in [1.29, 1.82) is 0 Å². The Labute approximate surface area is 256 Å². The molecule has 0 spiro atoms. The third-order valence-corrected chi connectivity index (χ3v) is 8.88. The maximum Gasteiger partial charge on any atom is 0.264 e. The van der Waals surface area contributed by atoms with Gasteiger partial charge in [-0.15, -0.1) is 0 Å². The van der Waals surface area contributed by atoms with Crippen molar-refractivity contribution in [2.45, 2.75) is 43.8 Å². The summed E-state index contributed by atoms with van der Waals surface area (Å²) in [4.78, 5) is 29.6. The van der Waals surface area contributed by atoms with E-state index in [4.69, 9.17) is 0 Å². The molecule has 42 heavy (non-hydrogen) atoms. The van der Waals surface area contributed by atoms with Crippen molar-refractivity contribution in [3.63, 3.8) is 0 Å². The van der Waals surface area contributed by atoms with E-state index in [0.717, 1.165) is 19.9 Å². The molecule has 4 rings (SSSR count). The molecule has 0 saturated carbocycles.